The Bertz CT molecular complexity index is 1110. The van der Waals surface area contributed by atoms with Gasteiger partial charge in [0.05, 0.1) is 11.1 Å². The van der Waals surface area contributed by atoms with Crippen molar-refractivity contribution in [2.45, 2.75) is 70.6 Å². The molecule has 3 aromatic heterocycles. The summed E-state index contributed by atoms with van der Waals surface area (Å²) in [6.45, 7) is 13.9. The average Bonchev–Trinajstić information content (AvgIpc) is 3.49. The van der Waals surface area contributed by atoms with Crippen molar-refractivity contribution in [3.63, 3.8) is 0 Å². The summed E-state index contributed by atoms with van der Waals surface area (Å²) < 4.78 is 8.31. The van der Waals surface area contributed by atoms with Crippen LogP contribution in [0.1, 0.15) is 30.6 Å². The Hall–Kier alpha value is -1.74. The van der Waals surface area contributed by atoms with Crippen LogP contribution in [0.3, 0.4) is 0 Å². The van der Waals surface area contributed by atoms with Crippen molar-refractivity contribution in [2.75, 3.05) is 31.1 Å². The minimum absolute atomic E-state index is 0.272. The molecule has 2 aliphatic rings. The second-order valence-corrected chi connectivity index (χ2v) is 17.9. The van der Waals surface area contributed by atoms with E-state index in [0.717, 1.165) is 36.9 Å². The minimum atomic E-state index is -1.11. The molecule has 2 aliphatic heterocycles. The summed E-state index contributed by atoms with van der Waals surface area (Å²) in [6, 6.07) is 3.37. The normalized spacial score (nSPS) is 21.5. The van der Waals surface area contributed by atoms with Crippen molar-refractivity contribution < 1.29 is 4.74 Å². The van der Waals surface area contributed by atoms with Gasteiger partial charge in [-0.1, -0.05) is 26.1 Å². The first-order valence-electron chi connectivity index (χ1n) is 12.3. The molecule has 8 heteroatoms. The lowest BCUT2D eigenvalue weighted by atomic mass is 9.88. The van der Waals surface area contributed by atoms with E-state index < -0.39 is 8.07 Å². The number of nitrogens with one attached hydrogen (secondary N) is 1. The number of aryl methyl sites for hydroxylation is 1. The number of thiazole rings is 1. The highest BCUT2D eigenvalue weighted by atomic mass is 32.1. The van der Waals surface area contributed by atoms with Crippen molar-refractivity contribution in [2.24, 2.45) is 0 Å². The molecule has 0 aliphatic carbocycles. The van der Waals surface area contributed by atoms with Crippen molar-refractivity contribution >= 4 is 36.1 Å². The molecule has 0 unspecified atom stereocenters. The Kier molecular flexibility index (Phi) is 6.37. The molecule has 1 N–H and O–H groups in total. The largest absolute Gasteiger partial charge is 0.369 e. The quantitative estimate of drug-likeness (QED) is 0.355. The molecular formula is C25H37N5OSSi. The van der Waals surface area contributed by atoms with Crippen LogP contribution in [0.15, 0.2) is 24.7 Å². The Balaban J connectivity index is 1.49. The van der Waals surface area contributed by atoms with Gasteiger partial charge in [0.25, 0.3) is 0 Å². The summed E-state index contributed by atoms with van der Waals surface area (Å²) in [6.07, 6.45) is 11.3. The van der Waals surface area contributed by atoms with Crippen LogP contribution in [0.2, 0.25) is 25.7 Å². The van der Waals surface area contributed by atoms with E-state index in [4.69, 9.17) is 14.7 Å². The van der Waals surface area contributed by atoms with Crippen LogP contribution in [0.4, 0.5) is 5.69 Å². The number of fused-ring (bicyclic) bond motifs is 1. The highest BCUT2D eigenvalue weighted by Crippen LogP contribution is 2.41. The Labute approximate surface area is 202 Å². The Morgan fingerprint density at radius 1 is 1.21 bits per heavy atom. The van der Waals surface area contributed by atoms with Gasteiger partial charge >= 0.3 is 0 Å². The predicted molar refractivity (Wildman–Crippen MR) is 141 cm³/mol. The molecule has 2 fully saturated rings. The van der Waals surface area contributed by atoms with Gasteiger partial charge in [0.15, 0.2) is 0 Å². The summed E-state index contributed by atoms with van der Waals surface area (Å²) in [5, 5.41) is 6.14. The van der Waals surface area contributed by atoms with Crippen LogP contribution in [-0.4, -0.2) is 54.4 Å². The third-order valence-corrected chi connectivity index (χ3v) is 9.74. The van der Waals surface area contributed by atoms with Crippen LogP contribution in [0.25, 0.3) is 21.6 Å². The molecule has 3 aromatic rings. The topological polar surface area (TPSA) is 55.2 Å². The van der Waals surface area contributed by atoms with Gasteiger partial charge in [0.1, 0.15) is 17.4 Å². The number of hydrogen-bond acceptors (Lipinski definition) is 6. The maximum atomic E-state index is 6.13. The molecule has 0 bridgehead atoms. The fourth-order valence-corrected chi connectivity index (χ4v) is 6.74. The first-order valence-corrected chi connectivity index (χ1v) is 16.8. The Morgan fingerprint density at radius 2 is 2.09 bits per heavy atom. The number of hydrogen-bond donors (Lipinski definition) is 1. The van der Waals surface area contributed by atoms with Gasteiger partial charge in [-0.3, -0.25) is 0 Å². The first-order chi connectivity index (χ1) is 15.8. The van der Waals surface area contributed by atoms with Crippen LogP contribution >= 0.6 is 11.3 Å². The molecule has 1 spiro atoms. The molecule has 0 radical (unpaired) electrons. The molecule has 0 aromatic carbocycles. The number of rotatable bonds is 7. The van der Waals surface area contributed by atoms with Gasteiger partial charge in [-0.15, -0.1) is 11.3 Å². The highest BCUT2D eigenvalue weighted by Gasteiger charge is 2.39. The standard InChI is InChI=1S/C25H37N5OSSi/c1-19-15-27-24(32-19)20-16-30(18-31-13-14-33(2,3)4)23-22(20)21(7-11-26-23)29-12-9-25(17-29)8-5-6-10-28-25/h7,11,15-16,28H,5-6,8-10,12-14,17-18H2,1-4H3/t25-/m1/s1. The average molecular weight is 484 g/mol. The number of nitrogens with zero attached hydrogens (tertiary/aromatic N) is 4. The minimum Gasteiger partial charge on any atom is -0.369 e. The van der Waals surface area contributed by atoms with Crippen molar-refractivity contribution in [3.8, 4) is 10.6 Å². The molecule has 2 saturated heterocycles. The van der Waals surface area contributed by atoms with E-state index in [1.165, 1.54) is 53.2 Å². The van der Waals surface area contributed by atoms with Gasteiger partial charge in [-0.05, 0) is 44.8 Å². The SMILES string of the molecule is Cc1cnc(-c2cn(COCC[Si](C)(C)C)c3nccc(N4CC[C@]5(CCCCN5)C4)c23)s1. The van der Waals surface area contributed by atoms with E-state index >= 15 is 0 Å². The fourth-order valence-electron chi connectivity index (χ4n) is 5.20. The molecule has 0 saturated carbocycles. The van der Waals surface area contributed by atoms with Crippen molar-refractivity contribution in [1.82, 2.24) is 19.9 Å². The monoisotopic (exact) mass is 483 g/mol. The zero-order chi connectivity index (χ0) is 23.1. The third kappa shape index (κ3) is 4.89. The van der Waals surface area contributed by atoms with Gasteiger partial charge in [-0.2, -0.15) is 0 Å². The lowest BCUT2D eigenvalue weighted by molar-refractivity contribution is 0.0899. The summed E-state index contributed by atoms with van der Waals surface area (Å²) in [5.41, 5.74) is 3.74. The molecule has 6 nitrogen and oxygen atoms in total. The fraction of sp³-hybridized carbons (Fsp3) is 0.600. The summed E-state index contributed by atoms with van der Waals surface area (Å²) in [4.78, 5) is 13.4. The summed E-state index contributed by atoms with van der Waals surface area (Å²) >= 11 is 1.76. The molecule has 33 heavy (non-hydrogen) atoms. The number of aromatic nitrogens is 3. The van der Waals surface area contributed by atoms with E-state index in [1.54, 1.807) is 11.3 Å². The lowest BCUT2D eigenvalue weighted by Crippen LogP contribution is -2.50. The smallest absolute Gasteiger partial charge is 0.144 e. The highest BCUT2D eigenvalue weighted by molar-refractivity contribution is 7.15. The second-order valence-electron chi connectivity index (χ2n) is 11.0. The van der Waals surface area contributed by atoms with E-state index in [-0.39, 0.29) is 5.54 Å². The van der Waals surface area contributed by atoms with Gasteiger partial charge in [0, 0.05) is 62.3 Å². The van der Waals surface area contributed by atoms with E-state index in [2.05, 4.69) is 53.6 Å². The molecular weight excluding hydrogens is 446 g/mol. The maximum Gasteiger partial charge on any atom is 0.144 e. The molecule has 1 atom stereocenters. The van der Waals surface area contributed by atoms with Crippen LogP contribution in [0.5, 0.6) is 0 Å². The van der Waals surface area contributed by atoms with Crippen LogP contribution in [0, 0.1) is 6.92 Å². The van der Waals surface area contributed by atoms with Gasteiger partial charge in [-0.25, -0.2) is 9.97 Å². The van der Waals surface area contributed by atoms with E-state index in [1.807, 2.05) is 12.4 Å². The number of pyridine rings is 1. The zero-order valence-corrected chi connectivity index (χ0v) is 22.3. The van der Waals surface area contributed by atoms with Gasteiger partial charge < -0.3 is 19.5 Å². The third-order valence-electron chi connectivity index (χ3n) is 7.09. The Morgan fingerprint density at radius 3 is 2.82 bits per heavy atom. The summed E-state index contributed by atoms with van der Waals surface area (Å²) in [7, 11) is -1.11. The second kappa shape index (κ2) is 9.13. The van der Waals surface area contributed by atoms with Crippen LogP contribution in [-0.2, 0) is 11.5 Å². The summed E-state index contributed by atoms with van der Waals surface area (Å²) in [5.74, 6) is 0. The van der Waals surface area contributed by atoms with Crippen LogP contribution < -0.4 is 10.2 Å². The number of piperidine rings is 1. The van der Waals surface area contributed by atoms with Crippen molar-refractivity contribution in [3.05, 3.63) is 29.5 Å². The van der Waals surface area contributed by atoms with E-state index in [0.29, 0.717) is 6.73 Å². The molecule has 5 heterocycles. The zero-order valence-electron chi connectivity index (χ0n) is 20.5. The molecule has 0 amide bonds. The van der Waals surface area contributed by atoms with Crippen molar-refractivity contribution in [1.29, 1.82) is 0 Å². The number of anilines is 1. The lowest BCUT2D eigenvalue weighted by Gasteiger charge is -2.35. The predicted octanol–water partition coefficient (Wildman–Crippen LogP) is 5.50. The first kappa shape index (κ1) is 23.0. The van der Waals surface area contributed by atoms with E-state index in [9.17, 15) is 0 Å². The maximum absolute atomic E-state index is 6.13. The van der Waals surface area contributed by atoms with Gasteiger partial charge in [0.2, 0.25) is 0 Å². The number of ether oxygens (including phenoxy) is 1. The molecule has 178 valence electrons. The molecule has 5 rings (SSSR count).